The third-order valence-electron chi connectivity index (χ3n) is 2.86. The summed E-state index contributed by atoms with van der Waals surface area (Å²) in [5.41, 5.74) is -18.9. The van der Waals surface area contributed by atoms with Crippen molar-refractivity contribution in [3.63, 3.8) is 0 Å². The van der Waals surface area contributed by atoms with E-state index in [1.807, 2.05) is 0 Å². The van der Waals surface area contributed by atoms with Gasteiger partial charge in [-0.3, -0.25) is 20.2 Å². The fraction of sp³-hybridized carbons (Fsp3) is 0.333. The quantitative estimate of drug-likeness (QED) is 0.338. The summed E-state index contributed by atoms with van der Waals surface area (Å²) in [6.07, 6.45) is 0. The molecule has 12 nitrogen and oxygen atoms in total. The van der Waals surface area contributed by atoms with Crippen molar-refractivity contribution in [3.05, 3.63) is 32.4 Å². The first-order valence-corrected chi connectivity index (χ1v) is 9.12. The van der Waals surface area contributed by atoms with Gasteiger partial charge in [0, 0.05) is 12.1 Å². The summed E-state index contributed by atoms with van der Waals surface area (Å²) in [5.74, 6) is -1.29. The molecular formula is C9H5F6N3O9S2. The Morgan fingerprint density at radius 3 is 1.38 bits per heavy atom. The van der Waals surface area contributed by atoms with Crippen LogP contribution in [0, 0.1) is 20.2 Å². The van der Waals surface area contributed by atoms with Gasteiger partial charge in [0.1, 0.15) is 0 Å². The lowest BCUT2D eigenvalue weighted by atomic mass is 10.2. The molecule has 0 fully saturated rings. The van der Waals surface area contributed by atoms with Crippen LogP contribution in [0.4, 0.5) is 43.4 Å². The number of methoxy groups -OCH3 is 1. The SMILES string of the molecule is COc1c([N+](=O)[O-])cc(N(S(=O)(=O)C(F)(F)F)S(=O)(=O)C(F)(F)F)cc1[N+](=O)[O-]. The molecule has 0 aliphatic carbocycles. The molecule has 0 radical (unpaired) electrons. The molecule has 0 aliphatic heterocycles. The van der Waals surface area contributed by atoms with Gasteiger partial charge in [-0.15, -0.1) is 3.71 Å². The van der Waals surface area contributed by atoms with E-state index in [1.165, 1.54) is 0 Å². The predicted octanol–water partition coefficient (Wildman–Crippen LogP) is 2.02. The van der Waals surface area contributed by atoms with Gasteiger partial charge in [-0.05, 0) is 0 Å². The number of nitro groups is 2. The van der Waals surface area contributed by atoms with Crippen molar-refractivity contribution in [1.29, 1.82) is 0 Å². The zero-order chi connectivity index (χ0) is 23.2. The Bertz CT molecular complexity index is 985. The zero-order valence-electron chi connectivity index (χ0n) is 13.3. The van der Waals surface area contributed by atoms with E-state index in [-0.39, 0.29) is 12.1 Å². The Kier molecular flexibility index (Phi) is 5.97. The van der Waals surface area contributed by atoms with Crippen LogP contribution in [-0.4, -0.2) is 44.8 Å². The number of nitrogens with zero attached hydrogens (tertiary/aromatic N) is 3. The third-order valence-corrected chi connectivity index (χ3v) is 6.51. The summed E-state index contributed by atoms with van der Waals surface area (Å²) < 4.78 is 125. The number of benzene rings is 1. The molecule has 0 unspecified atom stereocenters. The first kappa shape index (κ1) is 24.1. The predicted molar refractivity (Wildman–Crippen MR) is 78.7 cm³/mol. The average molecular weight is 477 g/mol. The van der Waals surface area contributed by atoms with Gasteiger partial charge >= 0.3 is 42.4 Å². The second-order valence-corrected chi connectivity index (χ2v) is 8.42. The standard InChI is InChI=1S/C9H5F6N3O9S2/c1-27-7-5(16(19)20)2-4(3-6(7)17(21)22)18(28(23,24)8(10,11)12)29(25,26)9(13,14)15/h2-3H,1H3. The van der Waals surface area contributed by atoms with Crippen LogP contribution in [0.25, 0.3) is 0 Å². The van der Waals surface area contributed by atoms with Gasteiger partial charge in [0.05, 0.1) is 22.6 Å². The van der Waals surface area contributed by atoms with E-state index >= 15 is 0 Å². The van der Waals surface area contributed by atoms with Crippen LogP contribution in [0.3, 0.4) is 0 Å². The van der Waals surface area contributed by atoms with Crippen LogP contribution >= 0.6 is 0 Å². The molecule has 0 saturated heterocycles. The van der Waals surface area contributed by atoms with Crippen LogP contribution < -0.4 is 8.45 Å². The van der Waals surface area contributed by atoms with E-state index in [0.717, 1.165) is 0 Å². The molecule has 0 N–H and O–H groups in total. The average Bonchev–Trinajstić information content (AvgIpc) is 2.51. The Hall–Kier alpha value is -2.90. The molecule has 1 rings (SSSR count). The molecule has 0 aliphatic rings. The lowest BCUT2D eigenvalue weighted by molar-refractivity contribution is -0.395. The highest BCUT2D eigenvalue weighted by Gasteiger charge is 2.62. The molecular weight excluding hydrogens is 472 g/mol. The minimum absolute atomic E-state index is 0.377. The van der Waals surface area contributed by atoms with Gasteiger partial charge in [0.2, 0.25) is 0 Å². The molecule has 164 valence electrons. The summed E-state index contributed by atoms with van der Waals surface area (Å²) >= 11 is 0. The molecule has 0 heterocycles. The van der Waals surface area contributed by atoms with Crippen molar-refractivity contribution in [3.8, 4) is 5.75 Å². The fourth-order valence-electron chi connectivity index (χ4n) is 1.76. The first-order chi connectivity index (χ1) is 12.8. The number of hydrogen-bond acceptors (Lipinski definition) is 9. The first-order valence-electron chi connectivity index (χ1n) is 6.24. The Morgan fingerprint density at radius 2 is 1.17 bits per heavy atom. The number of sulfonamides is 2. The van der Waals surface area contributed by atoms with Crippen molar-refractivity contribution in [2.75, 3.05) is 10.8 Å². The largest absolute Gasteiger partial charge is 0.517 e. The molecule has 0 saturated carbocycles. The lowest BCUT2D eigenvalue weighted by Gasteiger charge is -2.25. The maximum Gasteiger partial charge on any atom is 0.517 e. The van der Waals surface area contributed by atoms with E-state index in [9.17, 15) is 63.4 Å². The van der Waals surface area contributed by atoms with E-state index in [2.05, 4.69) is 4.74 Å². The van der Waals surface area contributed by atoms with Crippen molar-refractivity contribution in [2.24, 2.45) is 0 Å². The van der Waals surface area contributed by atoms with Crippen molar-refractivity contribution < 1.29 is 57.8 Å². The Balaban J connectivity index is 4.19. The number of nitro benzene ring substituents is 2. The highest BCUT2D eigenvalue weighted by molar-refractivity contribution is 8.11. The highest BCUT2D eigenvalue weighted by atomic mass is 32.3. The molecule has 0 bridgehead atoms. The number of anilines is 1. The molecule has 29 heavy (non-hydrogen) atoms. The Labute approximate surface area is 155 Å². The summed E-state index contributed by atoms with van der Waals surface area (Å²) in [6.45, 7) is 0. The summed E-state index contributed by atoms with van der Waals surface area (Å²) in [5, 5.41) is 21.9. The van der Waals surface area contributed by atoms with Crippen LogP contribution in [0.15, 0.2) is 12.1 Å². The molecule has 1 aromatic carbocycles. The van der Waals surface area contributed by atoms with E-state index in [0.29, 0.717) is 7.11 Å². The van der Waals surface area contributed by atoms with Crippen molar-refractivity contribution in [2.45, 2.75) is 11.0 Å². The molecule has 20 heteroatoms. The van der Waals surface area contributed by atoms with Gasteiger partial charge < -0.3 is 4.74 Å². The van der Waals surface area contributed by atoms with Gasteiger partial charge in [0.15, 0.2) is 0 Å². The van der Waals surface area contributed by atoms with E-state index in [1.54, 1.807) is 0 Å². The minimum Gasteiger partial charge on any atom is -0.485 e. The van der Waals surface area contributed by atoms with E-state index in [4.69, 9.17) is 0 Å². The van der Waals surface area contributed by atoms with Crippen LogP contribution in [-0.2, 0) is 20.0 Å². The smallest absolute Gasteiger partial charge is 0.485 e. The topological polar surface area (TPSA) is 167 Å². The molecule has 0 aromatic heterocycles. The highest BCUT2D eigenvalue weighted by Crippen LogP contribution is 2.45. The summed E-state index contributed by atoms with van der Waals surface area (Å²) in [6, 6.07) is -0.753. The molecule has 1 aromatic rings. The fourth-order valence-corrected chi connectivity index (χ4v) is 4.45. The summed E-state index contributed by atoms with van der Waals surface area (Å²) in [7, 11) is -14.2. The maximum atomic E-state index is 12.8. The zero-order valence-corrected chi connectivity index (χ0v) is 14.9. The van der Waals surface area contributed by atoms with Crippen LogP contribution in [0.1, 0.15) is 0 Å². The normalized spacial score (nSPS) is 13.1. The van der Waals surface area contributed by atoms with Gasteiger partial charge in [-0.25, -0.2) is 0 Å². The summed E-state index contributed by atoms with van der Waals surface area (Å²) in [4.78, 5) is 18.8. The van der Waals surface area contributed by atoms with Gasteiger partial charge in [0.25, 0.3) is 5.75 Å². The number of halogens is 6. The lowest BCUT2D eigenvalue weighted by Crippen LogP contribution is -2.49. The second kappa shape index (κ2) is 7.17. The number of rotatable bonds is 6. The molecule has 0 amide bonds. The maximum absolute atomic E-state index is 12.8. The van der Waals surface area contributed by atoms with E-state index < -0.39 is 67.4 Å². The second-order valence-electron chi connectivity index (χ2n) is 4.63. The molecule has 0 atom stereocenters. The van der Waals surface area contributed by atoms with Crippen molar-refractivity contribution >= 4 is 37.1 Å². The number of ether oxygens (including phenoxy) is 1. The van der Waals surface area contributed by atoms with Crippen molar-refractivity contribution in [1.82, 2.24) is 0 Å². The Morgan fingerprint density at radius 1 is 0.862 bits per heavy atom. The van der Waals surface area contributed by atoms with Gasteiger partial charge in [-0.2, -0.15) is 43.2 Å². The number of hydrogen-bond donors (Lipinski definition) is 0. The number of alkyl halides is 6. The molecule has 0 spiro atoms. The van der Waals surface area contributed by atoms with Crippen LogP contribution in [0.2, 0.25) is 0 Å². The van der Waals surface area contributed by atoms with Crippen LogP contribution in [0.5, 0.6) is 5.75 Å². The monoisotopic (exact) mass is 477 g/mol. The minimum atomic E-state index is -7.40. The van der Waals surface area contributed by atoms with Gasteiger partial charge in [-0.1, -0.05) is 0 Å². The third kappa shape index (κ3) is 4.11.